The third kappa shape index (κ3) is 9.56. The molecule has 43 heavy (non-hydrogen) atoms. The molecule has 1 aliphatic rings. The number of hydrogen-bond acceptors (Lipinski definition) is 5. The highest BCUT2D eigenvalue weighted by Crippen LogP contribution is 2.24. The second-order valence-electron chi connectivity index (χ2n) is 11.0. The van der Waals surface area contributed by atoms with Crippen molar-refractivity contribution < 1.29 is 22.7 Å². The summed E-state index contributed by atoms with van der Waals surface area (Å²) in [4.78, 5) is 29.5. The normalized spacial score (nSPS) is 14.2. The standard InChI is InChI=1S/C33H40BrN3O5S/c1-42-30-19-17-29(18-20-30)37(43(2,40)41)21-9-16-32(38)36(24-26-12-8-13-27(34)22-26)31(23-25-10-4-3-5-11-25)33(39)35-28-14-6-7-15-28/h3-5,8,10-13,17-20,22,28,31H,6-7,9,14-16,21,23-24H2,1-2H3,(H,35,39). The first-order chi connectivity index (χ1) is 20.6. The summed E-state index contributed by atoms with van der Waals surface area (Å²) in [5.41, 5.74) is 2.36. The van der Waals surface area contributed by atoms with Gasteiger partial charge >= 0.3 is 0 Å². The van der Waals surface area contributed by atoms with Gasteiger partial charge in [-0.1, -0.05) is 71.2 Å². The van der Waals surface area contributed by atoms with Crippen LogP contribution < -0.4 is 14.4 Å². The quantitative estimate of drug-likeness (QED) is 0.238. The van der Waals surface area contributed by atoms with Crippen molar-refractivity contribution in [3.8, 4) is 5.75 Å². The number of sulfonamides is 1. The molecule has 1 atom stereocenters. The van der Waals surface area contributed by atoms with Gasteiger partial charge in [-0.25, -0.2) is 8.42 Å². The fourth-order valence-corrected chi connectivity index (χ4v) is 6.92. The molecule has 3 aromatic carbocycles. The van der Waals surface area contributed by atoms with Crippen LogP contribution >= 0.6 is 15.9 Å². The highest BCUT2D eigenvalue weighted by atomic mass is 79.9. The predicted octanol–water partition coefficient (Wildman–Crippen LogP) is 5.70. The summed E-state index contributed by atoms with van der Waals surface area (Å²) in [6, 6.07) is 23.6. The molecule has 0 radical (unpaired) electrons. The molecule has 8 nitrogen and oxygen atoms in total. The van der Waals surface area contributed by atoms with Crippen LogP contribution in [0.4, 0.5) is 5.69 Å². The van der Waals surface area contributed by atoms with Crippen LogP contribution in [-0.4, -0.2) is 57.1 Å². The number of methoxy groups -OCH3 is 1. The largest absolute Gasteiger partial charge is 0.497 e. The topological polar surface area (TPSA) is 96.0 Å². The van der Waals surface area contributed by atoms with E-state index in [1.165, 1.54) is 4.31 Å². The number of nitrogens with one attached hydrogen (secondary N) is 1. The van der Waals surface area contributed by atoms with E-state index in [9.17, 15) is 18.0 Å². The summed E-state index contributed by atoms with van der Waals surface area (Å²) in [5.74, 6) is 0.261. The molecule has 1 saturated carbocycles. The van der Waals surface area contributed by atoms with Gasteiger partial charge in [-0.05, 0) is 66.8 Å². The first-order valence-corrected chi connectivity index (χ1v) is 17.3. The Labute approximate surface area is 263 Å². The molecule has 0 spiro atoms. The van der Waals surface area contributed by atoms with Crippen molar-refractivity contribution in [1.29, 1.82) is 0 Å². The number of amides is 2. The summed E-state index contributed by atoms with van der Waals surface area (Å²) in [7, 11) is -2.05. The maximum Gasteiger partial charge on any atom is 0.243 e. The average molecular weight is 671 g/mol. The Kier molecular flexibility index (Phi) is 11.6. The van der Waals surface area contributed by atoms with Crippen LogP contribution in [0.25, 0.3) is 0 Å². The first-order valence-electron chi connectivity index (χ1n) is 14.6. The van der Waals surface area contributed by atoms with Gasteiger partial charge in [-0.15, -0.1) is 0 Å². The SMILES string of the molecule is COc1ccc(N(CCCC(=O)N(Cc2cccc(Br)c2)C(Cc2ccccc2)C(=O)NC2CCCC2)S(C)(=O)=O)cc1. The van der Waals surface area contributed by atoms with Crippen molar-refractivity contribution in [3.05, 3.63) is 94.5 Å². The van der Waals surface area contributed by atoms with E-state index in [-0.39, 0.29) is 43.8 Å². The van der Waals surface area contributed by atoms with Crippen molar-refractivity contribution >= 4 is 43.5 Å². The predicted molar refractivity (Wildman–Crippen MR) is 173 cm³/mol. The molecule has 1 unspecified atom stereocenters. The van der Waals surface area contributed by atoms with Crippen LogP contribution in [0.5, 0.6) is 5.75 Å². The summed E-state index contributed by atoms with van der Waals surface area (Å²) in [6.45, 7) is 0.376. The van der Waals surface area contributed by atoms with Gasteiger partial charge in [0.1, 0.15) is 11.8 Å². The zero-order valence-corrected chi connectivity index (χ0v) is 27.1. The smallest absolute Gasteiger partial charge is 0.243 e. The van der Waals surface area contributed by atoms with Gasteiger partial charge in [-0.2, -0.15) is 0 Å². The molecule has 1 aliphatic carbocycles. The monoisotopic (exact) mass is 669 g/mol. The summed E-state index contributed by atoms with van der Waals surface area (Å²) in [6.07, 6.45) is 5.95. The number of ether oxygens (including phenoxy) is 1. The maximum atomic E-state index is 14.0. The number of nitrogens with zero attached hydrogens (tertiary/aromatic N) is 2. The highest BCUT2D eigenvalue weighted by Gasteiger charge is 2.32. The van der Waals surface area contributed by atoms with Gasteiger partial charge in [0, 0.05) is 36.4 Å². The van der Waals surface area contributed by atoms with Gasteiger partial charge in [0.25, 0.3) is 0 Å². The molecule has 0 heterocycles. The Balaban J connectivity index is 1.57. The molecule has 0 saturated heterocycles. The van der Waals surface area contributed by atoms with E-state index >= 15 is 0 Å². The Morgan fingerprint density at radius 1 is 0.977 bits per heavy atom. The number of hydrogen-bond donors (Lipinski definition) is 1. The minimum atomic E-state index is -3.59. The molecule has 0 bridgehead atoms. The van der Waals surface area contributed by atoms with E-state index in [2.05, 4.69) is 21.2 Å². The van der Waals surface area contributed by atoms with Crippen LogP contribution in [0, 0.1) is 0 Å². The molecule has 1 fully saturated rings. The van der Waals surface area contributed by atoms with E-state index in [0.717, 1.165) is 47.5 Å². The summed E-state index contributed by atoms with van der Waals surface area (Å²) < 4.78 is 32.7. The van der Waals surface area contributed by atoms with Crippen LogP contribution in [0.3, 0.4) is 0 Å². The van der Waals surface area contributed by atoms with Crippen LogP contribution in [0.15, 0.2) is 83.3 Å². The molecule has 3 aromatic rings. The van der Waals surface area contributed by atoms with Crippen molar-refractivity contribution in [1.82, 2.24) is 10.2 Å². The number of anilines is 1. The lowest BCUT2D eigenvalue weighted by atomic mass is 10.0. The van der Waals surface area contributed by atoms with E-state index in [0.29, 0.717) is 17.9 Å². The molecule has 0 aliphatic heterocycles. The van der Waals surface area contributed by atoms with E-state index < -0.39 is 16.1 Å². The van der Waals surface area contributed by atoms with Gasteiger partial charge in [0.2, 0.25) is 21.8 Å². The van der Waals surface area contributed by atoms with Crippen LogP contribution in [0.2, 0.25) is 0 Å². The Morgan fingerprint density at radius 3 is 2.28 bits per heavy atom. The zero-order valence-electron chi connectivity index (χ0n) is 24.7. The molecule has 0 aromatic heterocycles. The lowest BCUT2D eigenvalue weighted by molar-refractivity contribution is -0.141. The number of benzene rings is 3. The number of carbonyl (C=O) groups is 2. The fourth-order valence-electron chi connectivity index (χ4n) is 5.51. The van der Waals surface area contributed by atoms with Crippen LogP contribution in [0.1, 0.15) is 49.7 Å². The Bertz CT molecular complexity index is 1460. The minimum absolute atomic E-state index is 0.0815. The second-order valence-corrected chi connectivity index (χ2v) is 13.8. The number of halogens is 1. The maximum absolute atomic E-state index is 14.0. The Morgan fingerprint density at radius 2 is 1.65 bits per heavy atom. The third-order valence-corrected chi connectivity index (χ3v) is 9.41. The van der Waals surface area contributed by atoms with E-state index in [1.807, 2.05) is 54.6 Å². The van der Waals surface area contributed by atoms with Gasteiger partial charge in [0.05, 0.1) is 19.1 Å². The first kappa shape index (κ1) is 32.5. The lowest BCUT2D eigenvalue weighted by Crippen LogP contribution is -2.52. The molecular formula is C33H40BrN3O5S. The van der Waals surface area contributed by atoms with Gasteiger partial charge in [0.15, 0.2) is 0 Å². The van der Waals surface area contributed by atoms with Gasteiger partial charge in [-0.3, -0.25) is 13.9 Å². The summed E-state index contributed by atoms with van der Waals surface area (Å²) >= 11 is 3.52. The van der Waals surface area contributed by atoms with E-state index in [4.69, 9.17) is 4.74 Å². The van der Waals surface area contributed by atoms with Crippen LogP contribution in [-0.2, 0) is 32.6 Å². The molecule has 2 amide bonds. The molecule has 10 heteroatoms. The molecule has 230 valence electrons. The van der Waals surface area contributed by atoms with Crippen molar-refractivity contribution in [3.63, 3.8) is 0 Å². The average Bonchev–Trinajstić information content (AvgIpc) is 3.50. The van der Waals surface area contributed by atoms with Gasteiger partial charge < -0.3 is 15.0 Å². The minimum Gasteiger partial charge on any atom is -0.497 e. The van der Waals surface area contributed by atoms with E-state index in [1.54, 1.807) is 36.3 Å². The number of carbonyl (C=O) groups excluding carboxylic acids is 2. The number of rotatable bonds is 14. The highest BCUT2D eigenvalue weighted by molar-refractivity contribution is 9.10. The molecule has 4 rings (SSSR count). The third-order valence-electron chi connectivity index (χ3n) is 7.73. The lowest BCUT2D eigenvalue weighted by Gasteiger charge is -2.33. The zero-order chi connectivity index (χ0) is 30.8. The van der Waals surface area contributed by atoms with Crippen molar-refractivity contribution in [2.45, 2.75) is 63.6 Å². The van der Waals surface area contributed by atoms with Crippen molar-refractivity contribution in [2.24, 2.45) is 0 Å². The summed E-state index contributed by atoms with van der Waals surface area (Å²) in [5, 5.41) is 3.22. The van der Waals surface area contributed by atoms with Crippen molar-refractivity contribution in [2.75, 3.05) is 24.2 Å². The fraction of sp³-hybridized carbons (Fsp3) is 0.394. The Hall–Kier alpha value is -3.37. The second kappa shape index (κ2) is 15.4. The molecular weight excluding hydrogens is 630 g/mol. The molecule has 1 N–H and O–H groups in total.